The minimum absolute atomic E-state index is 0. The van der Waals surface area contributed by atoms with E-state index in [-0.39, 0.29) is 29.5 Å². The molecule has 154 valence electrons. The Balaban J connectivity index is 0.00000364. The molecule has 1 fully saturated rings. The number of aliphatic imine (C=N–C) groups is 1. The highest BCUT2D eigenvalue weighted by Crippen LogP contribution is 2.13. The molecule has 0 aromatic carbocycles. The molecule has 1 aromatic heterocycles. The van der Waals surface area contributed by atoms with Gasteiger partial charge in [-0.25, -0.2) is 0 Å². The predicted octanol–water partition coefficient (Wildman–Crippen LogP) is 3.02. The van der Waals surface area contributed by atoms with E-state index in [2.05, 4.69) is 24.1 Å². The Hall–Kier alpha value is -1.09. The van der Waals surface area contributed by atoms with E-state index in [1.165, 1.54) is 0 Å². The lowest BCUT2D eigenvalue weighted by atomic mass is 10.1. The molecule has 1 aromatic rings. The Bertz CT molecular complexity index is 625. The van der Waals surface area contributed by atoms with Crippen LogP contribution in [0.4, 0.5) is 0 Å². The molecular formula is C20H35IN4O2. The summed E-state index contributed by atoms with van der Waals surface area (Å²) >= 11 is 0. The van der Waals surface area contributed by atoms with Gasteiger partial charge in [-0.2, -0.15) is 0 Å². The van der Waals surface area contributed by atoms with Crippen molar-refractivity contribution in [1.82, 2.24) is 14.8 Å². The summed E-state index contributed by atoms with van der Waals surface area (Å²) in [5.74, 6) is 1.01. The van der Waals surface area contributed by atoms with Crippen LogP contribution >= 0.6 is 24.0 Å². The highest BCUT2D eigenvalue weighted by atomic mass is 127. The molecule has 0 atom stereocenters. The average Bonchev–Trinajstić information content (AvgIpc) is 2.64. The van der Waals surface area contributed by atoms with Crippen molar-refractivity contribution < 1.29 is 4.74 Å². The molecule has 1 saturated heterocycles. The third-order valence-corrected chi connectivity index (χ3v) is 4.80. The number of rotatable bonds is 8. The summed E-state index contributed by atoms with van der Waals surface area (Å²) in [7, 11) is 0. The number of nitrogens with zero attached hydrogens (tertiary/aromatic N) is 3. The smallest absolute Gasteiger partial charge is 0.250 e. The van der Waals surface area contributed by atoms with E-state index in [9.17, 15) is 4.79 Å². The normalized spacial score (nSPS) is 15.5. The van der Waals surface area contributed by atoms with Gasteiger partial charge >= 0.3 is 0 Å². The highest BCUT2D eigenvalue weighted by molar-refractivity contribution is 14.0. The third kappa shape index (κ3) is 7.81. The zero-order chi connectivity index (χ0) is 18.8. The number of halogens is 1. The van der Waals surface area contributed by atoms with Gasteiger partial charge in [-0.15, -0.1) is 24.0 Å². The van der Waals surface area contributed by atoms with Gasteiger partial charge in [-0.1, -0.05) is 6.07 Å². The topological polar surface area (TPSA) is 58.9 Å². The van der Waals surface area contributed by atoms with Gasteiger partial charge in [-0.3, -0.25) is 9.79 Å². The first kappa shape index (κ1) is 23.9. The molecule has 1 aliphatic heterocycles. The number of guanidine groups is 1. The summed E-state index contributed by atoms with van der Waals surface area (Å²) < 4.78 is 7.57. The van der Waals surface area contributed by atoms with Gasteiger partial charge in [0.15, 0.2) is 5.96 Å². The fraction of sp³-hybridized carbons (Fsp3) is 0.700. The standard InChI is InChI=1S/C20H34N4O2.HI/c1-4-21-20(23-15-11-18(12-16-23)26-5-2)22-13-6-7-14-24-17(3)9-8-10-19(24)25;/h8-10,18H,4-7,11-16H2,1-3H3,(H,21,22);1H. The van der Waals surface area contributed by atoms with Crippen molar-refractivity contribution in [3.8, 4) is 0 Å². The molecule has 27 heavy (non-hydrogen) atoms. The summed E-state index contributed by atoms with van der Waals surface area (Å²) in [6.07, 6.45) is 4.46. The zero-order valence-electron chi connectivity index (χ0n) is 16.9. The molecule has 1 N–H and O–H groups in total. The van der Waals surface area contributed by atoms with Crippen molar-refractivity contribution in [2.75, 3.05) is 32.8 Å². The first-order valence-corrected chi connectivity index (χ1v) is 9.97. The molecule has 0 spiro atoms. The largest absolute Gasteiger partial charge is 0.378 e. The van der Waals surface area contributed by atoms with Gasteiger partial charge in [0, 0.05) is 51.1 Å². The molecule has 1 aliphatic rings. The minimum Gasteiger partial charge on any atom is -0.378 e. The molecule has 2 heterocycles. The van der Waals surface area contributed by atoms with Gasteiger partial charge in [-0.05, 0) is 52.5 Å². The Kier molecular flexibility index (Phi) is 11.7. The Morgan fingerprint density at radius 3 is 2.63 bits per heavy atom. The van der Waals surface area contributed by atoms with Crippen LogP contribution in [0.3, 0.4) is 0 Å². The van der Waals surface area contributed by atoms with Crippen molar-refractivity contribution >= 4 is 29.9 Å². The summed E-state index contributed by atoms with van der Waals surface area (Å²) in [6, 6.07) is 5.42. The Morgan fingerprint density at radius 1 is 1.26 bits per heavy atom. The van der Waals surface area contributed by atoms with Crippen LogP contribution in [-0.2, 0) is 11.3 Å². The summed E-state index contributed by atoms with van der Waals surface area (Å²) in [5, 5.41) is 3.41. The predicted molar refractivity (Wildman–Crippen MR) is 122 cm³/mol. The second kappa shape index (κ2) is 13.1. The number of hydrogen-bond acceptors (Lipinski definition) is 3. The summed E-state index contributed by atoms with van der Waals surface area (Å²) in [6.45, 7) is 11.4. The SMILES string of the molecule is CCNC(=NCCCCn1c(C)cccc1=O)N1CCC(OCC)CC1.I. The van der Waals surface area contributed by atoms with Crippen LogP contribution < -0.4 is 10.9 Å². The Morgan fingerprint density at radius 2 is 2.00 bits per heavy atom. The number of unbranched alkanes of at least 4 members (excludes halogenated alkanes) is 1. The van der Waals surface area contributed by atoms with Crippen molar-refractivity contribution in [2.45, 2.75) is 59.1 Å². The molecule has 0 aliphatic carbocycles. The number of pyridine rings is 1. The average molecular weight is 490 g/mol. The fourth-order valence-electron chi connectivity index (χ4n) is 3.37. The van der Waals surface area contributed by atoms with Crippen LogP contribution in [0, 0.1) is 6.92 Å². The van der Waals surface area contributed by atoms with Crippen LogP contribution in [0.5, 0.6) is 0 Å². The molecule has 0 saturated carbocycles. The number of nitrogens with one attached hydrogen (secondary N) is 1. The maximum atomic E-state index is 11.9. The number of likely N-dealkylation sites (tertiary alicyclic amines) is 1. The van der Waals surface area contributed by atoms with Gasteiger partial charge in [0.2, 0.25) is 0 Å². The van der Waals surface area contributed by atoms with Crippen molar-refractivity contribution in [3.05, 3.63) is 34.2 Å². The molecular weight excluding hydrogens is 455 g/mol. The van der Waals surface area contributed by atoms with E-state index in [4.69, 9.17) is 9.73 Å². The fourth-order valence-corrected chi connectivity index (χ4v) is 3.37. The quantitative estimate of drug-likeness (QED) is 0.264. The number of hydrogen-bond donors (Lipinski definition) is 1. The van der Waals surface area contributed by atoms with E-state index in [0.717, 1.165) is 76.7 Å². The first-order valence-electron chi connectivity index (χ1n) is 9.97. The van der Waals surface area contributed by atoms with Crippen LogP contribution in [0.1, 0.15) is 45.2 Å². The monoisotopic (exact) mass is 490 g/mol. The van der Waals surface area contributed by atoms with Crippen molar-refractivity contribution in [2.24, 2.45) is 4.99 Å². The van der Waals surface area contributed by atoms with Crippen molar-refractivity contribution in [3.63, 3.8) is 0 Å². The number of ether oxygens (including phenoxy) is 1. The second-order valence-electron chi connectivity index (χ2n) is 6.74. The number of aromatic nitrogens is 1. The molecule has 0 unspecified atom stereocenters. The van der Waals surface area contributed by atoms with Crippen LogP contribution in [0.15, 0.2) is 28.0 Å². The van der Waals surface area contributed by atoms with Crippen LogP contribution in [0.2, 0.25) is 0 Å². The lowest BCUT2D eigenvalue weighted by molar-refractivity contribution is 0.0264. The molecule has 0 bridgehead atoms. The van der Waals surface area contributed by atoms with Crippen molar-refractivity contribution in [1.29, 1.82) is 0 Å². The molecule has 0 amide bonds. The van der Waals surface area contributed by atoms with Crippen LogP contribution in [-0.4, -0.2) is 54.3 Å². The van der Waals surface area contributed by atoms with E-state index >= 15 is 0 Å². The summed E-state index contributed by atoms with van der Waals surface area (Å²) in [5.41, 5.74) is 1.10. The third-order valence-electron chi connectivity index (χ3n) is 4.80. The zero-order valence-corrected chi connectivity index (χ0v) is 19.3. The van der Waals surface area contributed by atoms with E-state index in [1.54, 1.807) is 6.07 Å². The maximum Gasteiger partial charge on any atom is 0.250 e. The lowest BCUT2D eigenvalue weighted by Gasteiger charge is -2.34. The van der Waals surface area contributed by atoms with E-state index in [1.807, 2.05) is 23.6 Å². The summed E-state index contributed by atoms with van der Waals surface area (Å²) in [4.78, 5) is 19.0. The van der Waals surface area contributed by atoms with Gasteiger partial charge in [0.25, 0.3) is 5.56 Å². The highest BCUT2D eigenvalue weighted by Gasteiger charge is 2.21. The van der Waals surface area contributed by atoms with Crippen LogP contribution in [0.25, 0.3) is 0 Å². The number of aryl methyl sites for hydroxylation is 1. The first-order chi connectivity index (χ1) is 12.7. The number of piperidine rings is 1. The Labute approximate surface area is 180 Å². The molecule has 6 nitrogen and oxygen atoms in total. The molecule has 0 radical (unpaired) electrons. The lowest BCUT2D eigenvalue weighted by Crippen LogP contribution is -2.47. The maximum absolute atomic E-state index is 11.9. The van der Waals surface area contributed by atoms with Gasteiger partial charge in [0.05, 0.1) is 6.10 Å². The molecule has 7 heteroatoms. The van der Waals surface area contributed by atoms with Gasteiger partial charge in [0.1, 0.15) is 0 Å². The van der Waals surface area contributed by atoms with Gasteiger partial charge < -0.3 is 19.5 Å². The second-order valence-corrected chi connectivity index (χ2v) is 6.74. The van der Waals surface area contributed by atoms with E-state index < -0.39 is 0 Å². The van der Waals surface area contributed by atoms with E-state index in [0.29, 0.717) is 6.10 Å². The molecule has 2 rings (SSSR count). The minimum atomic E-state index is 0.